The lowest BCUT2D eigenvalue weighted by Gasteiger charge is -2.43. The van der Waals surface area contributed by atoms with Gasteiger partial charge in [-0.05, 0) is 55.8 Å². The second-order valence-corrected chi connectivity index (χ2v) is 14.5. The molecule has 1 aromatic rings. The van der Waals surface area contributed by atoms with Gasteiger partial charge in [0, 0.05) is 6.10 Å². The van der Waals surface area contributed by atoms with E-state index in [9.17, 15) is 0 Å². The van der Waals surface area contributed by atoms with Gasteiger partial charge in [-0.2, -0.15) is 0 Å². The quantitative estimate of drug-likeness (QED) is 0.348. The van der Waals surface area contributed by atoms with Crippen molar-refractivity contribution in [2.24, 2.45) is 5.92 Å². The number of ether oxygens (including phenoxy) is 1. The molecule has 1 fully saturated rings. The molecule has 152 valence electrons. The van der Waals surface area contributed by atoms with Gasteiger partial charge in [0.2, 0.25) is 0 Å². The maximum Gasteiger partial charge on any atom is 0.192 e. The van der Waals surface area contributed by atoms with Crippen molar-refractivity contribution >= 4 is 8.32 Å². The largest absolute Gasteiger partial charge is 0.414 e. The smallest absolute Gasteiger partial charge is 0.192 e. The van der Waals surface area contributed by atoms with E-state index in [-0.39, 0.29) is 5.04 Å². The van der Waals surface area contributed by atoms with Crippen molar-refractivity contribution in [2.75, 3.05) is 6.61 Å². The number of hydrogen-bond acceptors (Lipinski definition) is 2. The van der Waals surface area contributed by atoms with Gasteiger partial charge in [-0.3, -0.25) is 0 Å². The van der Waals surface area contributed by atoms with Crippen LogP contribution in [0.3, 0.4) is 0 Å². The van der Waals surface area contributed by atoms with Crippen molar-refractivity contribution in [3.8, 4) is 0 Å². The van der Waals surface area contributed by atoms with Crippen LogP contribution in [0.5, 0.6) is 0 Å². The van der Waals surface area contributed by atoms with E-state index >= 15 is 0 Å². The van der Waals surface area contributed by atoms with E-state index < -0.39 is 8.32 Å². The highest BCUT2D eigenvalue weighted by atomic mass is 28.4. The topological polar surface area (TPSA) is 18.5 Å². The Morgan fingerprint density at radius 3 is 2.44 bits per heavy atom. The van der Waals surface area contributed by atoms with Crippen LogP contribution in [-0.2, 0) is 15.8 Å². The van der Waals surface area contributed by atoms with Gasteiger partial charge in [0.25, 0.3) is 0 Å². The van der Waals surface area contributed by atoms with E-state index in [0.717, 1.165) is 13.0 Å². The SMILES string of the molecule is C/C(=C\C[C@H]1CCCC[C@@H]1O[Si](C)(C)C(C)(C)C)COCc1ccccc1. The first-order chi connectivity index (χ1) is 12.7. The summed E-state index contributed by atoms with van der Waals surface area (Å²) in [5, 5.41) is 0.284. The van der Waals surface area contributed by atoms with Crippen molar-refractivity contribution in [1.29, 1.82) is 0 Å². The summed E-state index contributed by atoms with van der Waals surface area (Å²) in [7, 11) is -1.69. The number of rotatable bonds is 8. The van der Waals surface area contributed by atoms with E-state index in [4.69, 9.17) is 9.16 Å². The number of hydrogen-bond donors (Lipinski definition) is 0. The number of allylic oxidation sites excluding steroid dienone is 1. The Kier molecular flexibility index (Phi) is 8.33. The standard InChI is InChI=1S/C24H40O2Si/c1-20(18-25-19-21-12-8-7-9-13-21)16-17-22-14-10-11-15-23(22)26-27(5,6)24(2,3)4/h7-9,12-13,16,22-23H,10-11,14-15,17-19H2,1-6H3/b20-16+/t22-,23+/m1/s1. The lowest BCUT2D eigenvalue weighted by Crippen LogP contribution is -2.46. The molecular formula is C24H40O2Si. The lowest BCUT2D eigenvalue weighted by atomic mass is 9.84. The van der Waals surface area contributed by atoms with E-state index in [1.54, 1.807) is 0 Å². The fourth-order valence-corrected chi connectivity index (χ4v) is 4.89. The van der Waals surface area contributed by atoms with E-state index in [2.05, 4.69) is 71.1 Å². The minimum atomic E-state index is -1.69. The summed E-state index contributed by atoms with van der Waals surface area (Å²) in [5.74, 6) is 0.664. The Morgan fingerprint density at radius 1 is 1.11 bits per heavy atom. The summed E-state index contributed by atoms with van der Waals surface area (Å²) in [6.07, 6.45) is 9.15. The molecule has 0 N–H and O–H groups in total. The molecule has 3 heteroatoms. The summed E-state index contributed by atoms with van der Waals surface area (Å²) in [5.41, 5.74) is 2.57. The average molecular weight is 389 g/mol. The summed E-state index contributed by atoms with van der Waals surface area (Å²) in [6, 6.07) is 10.4. The zero-order chi connectivity index (χ0) is 19.9. The summed E-state index contributed by atoms with van der Waals surface area (Å²) < 4.78 is 12.7. The van der Waals surface area contributed by atoms with Crippen molar-refractivity contribution in [3.63, 3.8) is 0 Å². The molecule has 0 radical (unpaired) electrons. The zero-order valence-corrected chi connectivity index (χ0v) is 19.4. The minimum Gasteiger partial charge on any atom is -0.414 e. The van der Waals surface area contributed by atoms with Gasteiger partial charge < -0.3 is 9.16 Å². The maximum atomic E-state index is 6.81. The van der Waals surface area contributed by atoms with E-state index in [0.29, 0.717) is 18.6 Å². The van der Waals surface area contributed by atoms with Crippen LogP contribution in [0.15, 0.2) is 42.0 Å². The summed E-state index contributed by atoms with van der Waals surface area (Å²) >= 11 is 0. The first-order valence-electron chi connectivity index (χ1n) is 10.6. The molecule has 0 spiro atoms. The Labute approximate surface area is 168 Å². The molecule has 1 aliphatic rings. The van der Waals surface area contributed by atoms with Gasteiger partial charge in [-0.1, -0.05) is 75.6 Å². The Hall–Kier alpha value is -0.903. The second-order valence-electron chi connectivity index (χ2n) is 9.73. The van der Waals surface area contributed by atoms with Gasteiger partial charge in [-0.25, -0.2) is 0 Å². The molecule has 0 bridgehead atoms. The van der Waals surface area contributed by atoms with E-state index in [1.165, 1.54) is 36.8 Å². The van der Waals surface area contributed by atoms with Crippen LogP contribution >= 0.6 is 0 Å². The summed E-state index contributed by atoms with van der Waals surface area (Å²) in [6.45, 7) is 15.4. The van der Waals surface area contributed by atoms with Crippen molar-refractivity contribution < 1.29 is 9.16 Å². The highest BCUT2D eigenvalue weighted by molar-refractivity contribution is 6.74. The molecule has 1 aliphatic carbocycles. The molecule has 2 atom stereocenters. The zero-order valence-electron chi connectivity index (χ0n) is 18.4. The van der Waals surface area contributed by atoms with Gasteiger partial charge >= 0.3 is 0 Å². The molecule has 2 rings (SSSR count). The van der Waals surface area contributed by atoms with Crippen LogP contribution in [-0.4, -0.2) is 21.0 Å². The highest BCUT2D eigenvalue weighted by Gasteiger charge is 2.41. The molecule has 0 aromatic heterocycles. The van der Waals surface area contributed by atoms with Crippen LogP contribution in [0.4, 0.5) is 0 Å². The highest BCUT2D eigenvalue weighted by Crippen LogP contribution is 2.41. The molecule has 27 heavy (non-hydrogen) atoms. The Balaban J connectivity index is 1.84. The lowest BCUT2D eigenvalue weighted by molar-refractivity contribution is 0.0801. The molecule has 0 heterocycles. The second kappa shape index (κ2) is 10.0. The molecule has 1 saturated carbocycles. The molecule has 1 aromatic carbocycles. The van der Waals surface area contributed by atoms with Crippen LogP contribution < -0.4 is 0 Å². The maximum absolute atomic E-state index is 6.81. The van der Waals surface area contributed by atoms with E-state index in [1.807, 2.05) is 6.07 Å². The third-order valence-electron chi connectivity index (χ3n) is 6.30. The van der Waals surface area contributed by atoms with Crippen molar-refractivity contribution in [1.82, 2.24) is 0 Å². The fourth-order valence-electron chi connectivity index (χ4n) is 3.47. The third-order valence-corrected chi connectivity index (χ3v) is 10.8. The average Bonchev–Trinajstić information content (AvgIpc) is 2.60. The predicted molar refractivity (Wildman–Crippen MR) is 119 cm³/mol. The van der Waals surface area contributed by atoms with Gasteiger partial charge in [-0.15, -0.1) is 0 Å². The molecule has 0 aliphatic heterocycles. The first-order valence-corrected chi connectivity index (χ1v) is 13.5. The normalized spacial score (nSPS) is 22.1. The number of benzene rings is 1. The van der Waals surface area contributed by atoms with Gasteiger partial charge in [0.15, 0.2) is 8.32 Å². The molecule has 2 nitrogen and oxygen atoms in total. The first kappa shape index (κ1) is 22.4. The minimum absolute atomic E-state index is 0.284. The summed E-state index contributed by atoms with van der Waals surface area (Å²) in [4.78, 5) is 0. The Bertz CT molecular complexity index is 586. The van der Waals surface area contributed by atoms with Crippen LogP contribution in [0.1, 0.15) is 65.4 Å². The molecule has 0 saturated heterocycles. The molecule has 0 unspecified atom stereocenters. The molecular weight excluding hydrogens is 348 g/mol. The predicted octanol–water partition coefficient (Wildman–Crippen LogP) is 7.12. The van der Waals surface area contributed by atoms with Gasteiger partial charge in [0.1, 0.15) is 0 Å². The van der Waals surface area contributed by atoms with Crippen molar-refractivity contribution in [2.45, 2.75) is 90.6 Å². The van der Waals surface area contributed by atoms with Gasteiger partial charge in [0.05, 0.1) is 13.2 Å². The van der Waals surface area contributed by atoms with Crippen LogP contribution in [0.2, 0.25) is 18.1 Å². The Morgan fingerprint density at radius 2 is 1.78 bits per heavy atom. The monoisotopic (exact) mass is 388 g/mol. The van der Waals surface area contributed by atoms with Crippen molar-refractivity contribution in [3.05, 3.63) is 47.5 Å². The van der Waals surface area contributed by atoms with Crippen LogP contribution in [0, 0.1) is 5.92 Å². The fraction of sp³-hybridized carbons (Fsp3) is 0.667. The molecule has 0 amide bonds. The van der Waals surface area contributed by atoms with Crippen LogP contribution in [0.25, 0.3) is 0 Å². The third kappa shape index (κ3) is 7.21.